The Balaban J connectivity index is 3.04. The van der Waals surface area contributed by atoms with Gasteiger partial charge in [0.15, 0.2) is 5.78 Å². The van der Waals surface area contributed by atoms with Gasteiger partial charge in [-0.3, -0.25) is 9.59 Å². The molecule has 1 aromatic carbocycles. The normalized spacial score (nSPS) is 14.4. The number of Topliss-reactive ketones (excluding diaryl/α,β-unsaturated/α-hetero) is 1. The van der Waals surface area contributed by atoms with E-state index in [0.29, 0.717) is 12.0 Å². The number of ketones is 1. The van der Waals surface area contributed by atoms with Gasteiger partial charge in [0.25, 0.3) is 0 Å². The number of aliphatic carboxylic acids is 1. The minimum absolute atomic E-state index is 0.0675. The highest BCUT2D eigenvalue weighted by molar-refractivity contribution is 7.89. The van der Waals surface area contributed by atoms with E-state index in [1.165, 1.54) is 31.2 Å². The first kappa shape index (κ1) is 17.3. The summed E-state index contributed by atoms with van der Waals surface area (Å²) in [6.07, 6.45) is 0.531. The predicted molar refractivity (Wildman–Crippen MR) is 77.6 cm³/mol. The molecular formula is C14H19NO5S. The van der Waals surface area contributed by atoms with Crippen molar-refractivity contribution in [1.29, 1.82) is 0 Å². The van der Waals surface area contributed by atoms with Crippen molar-refractivity contribution in [3.8, 4) is 0 Å². The Morgan fingerprint density at radius 3 is 2.14 bits per heavy atom. The van der Waals surface area contributed by atoms with Crippen LogP contribution < -0.4 is 4.72 Å². The molecule has 2 atom stereocenters. The smallest absolute Gasteiger partial charge is 0.322 e. The topological polar surface area (TPSA) is 101 Å². The lowest BCUT2D eigenvalue weighted by Gasteiger charge is -2.20. The third kappa shape index (κ3) is 4.37. The van der Waals surface area contributed by atoms with E-state index in [4.69, 9.17) is 5.11 Å². The van der Waals surface area contributed by atoms with Gasteiger partial charge >= 0.3 is 5.97 Å². The van der Waals surface area contributed by atoms with Gasteiger partial charge in [0.1, 0.15) is 6.04 Å². The monoisotopic (exact) mass is 313 g/mol. The largest absolute Gasteiger partial charge is 0.480 e. The van der Waals surface area contributed by atoms with E-state index >= 15 is 0 Å². The van der Waals surface area contributed by atoms with E-state index in [0.717, 1.165) is 0 Å². The lowest BCUT2D eigenvalue weighted by atomic mass is 10.0. The number of carbonyl (C=O) groups is 2. The number of carboxylic acid groups (broad SMARTS) is 1. The Labute approximate surface area is 124 Å². The van der Waals surface area contributed by atoms with Crippen molar-refractivity contribution in [2.75, 3.05) is 0 Å². The number of hydrogen-bond acceptors (Lipinski definition) is 4. The summed E-state index contributed by atoms with van der Waals surface area (Å²) in [6.45, 7) is 4.84. The molecule has 0 amide bonds. The van der Waals surface area contributed by atoms with Gasteiger partial charge in [-0.25, -0.2) is 8.42 Å². The van der Waals surface area contributed by atoms with Gasteiger partial charge in [0, 0.05) is 5.56 Å². The molecule has 21 heavy (non-hydrogen) atoms. The van der Waals surface area contributed by atoms with E-state index in [1.807, 2.05) is 0 Å². The molecule has 1 unspecified atom stereocenters. The fourth-order valence-electron chi connectivity index (χ4n) is 1.75. The molecule has 0 aliphatic carbocycles. The van der Waals surface area contributed by atoms with Crippen molar-refractivity contribution in [3.05, 3.63) is 29.8 Å². The molecule has 1 aromatic rings. The molecule has 0 fully saturated rings. The van der Waals surface area contributed by atoms with Gasteiger partial charge in [-0.2, -0.15) is 4.72 Å². The van der Waals surface area contributed by atoms with Gasteiger partial charge in [0.2, 0.25) is 10.0 Å². The van der Waals surface area contributed by atoms with Crippen LogP contribution in [0.4, 0.5) is 0 Å². The minimum atomic E-state index is -3.94. The fraction of sp³-hybridized carbons (Fsp3) is 0.429. The average molecular weight is 313 g/mol. The highest BCUT2D eigenvalue weighted by atomic mass is 32.2. The fourth-order valence-corrected chi connectivity index (χ4v) is 3.05. The Kier molecular flexibility index (Phi) is 5.62. The van der Waals surface area contributed by atoms with E-state index in [2.05, 4.69) is 4.72 Å². The second-order valence-corrected chi connectivity index (χ2v) is 6.62. The van der Waals surface area contributed by atoms with Gasteiger partial charge in [-0.1, -0.05) is 32.4 Å². The van der Waals surface area contributed by atoms with Crippen molar-refractivity contribution in [2.45, 2.75) is 38.1 Å². The SMILES string of the molecule is CCC(C)[C@H](NS(=O)(=O)c1ccc(C(C)=O)cc1)C(=O)O. The van der Waals surface area contributed by atoms with Crippen LogP contribution in [0.25, 0.3) is 0 Å². The molecule has 0 spiro atoms. The molecule has 0 saturated carbocycles. The van der Waals surface area contributed by atoms with Crippen LogP contribution in [0.3, 0.4) is 0 Å². The van der Waals surface area contributed by atoms with Crippen molar-refractivity contribution < 1.29 is 23.1 Å². The van der Waals surface area contributed by atoms with E-state index in [1.54, 1.807) is 13.8 Å². The molecule has 0 aliphatic rings. The molecule has 0 saturated heterocycles. The molecule has 0 heterocycles. The number of benzene rings is 1. The standard InChI is InChI=1S/C14H19NO5S/c1-4-9(2)13(14(17)18)15-21(19,20)12-7-5-11(6-8-12)10(3)16/h5-9,13,15H,4H2,1-3H3,(H,17,18)/t9?,13-/m0/s1. The summed E-state index contributed by atoms with van der Waals surface area (Å²) in [5.74, 6) is -1.73. The third-order valence-electron chi connectivity index (χ3n) is 3.33. The molecule has 116 valence electrons. The highest BCUT2D eigenvalue weighted by Gasteiger charge is 2.29. The minimum Gasteiger partial charge on any atom is -0.480 e. The van der Waals surface area contributed by atoms with Crippen molar-refractivity contribution in [3.63, 3.8) is 0 Å². The predicted octanol–water partition coefficient (Wildman–Crippen LogP) is 1.67. The summed E-state index contributed by atoms with van der Waals surface area (Å²) in [5, 5.41) is 9.13. The summed E-state index contributed by atoms with van der Waals surface area (Å²) in [7, 11) is -3.94. The molecule has 6 nitrogen and oxygen atoms in total. The van der Waals surface area contributed by atoms with Crippen molar-refractivity contribution in [1.82, 2.24) is 4.72 Å². The first-order chi connectivity index (χ1) is 9.69. The lowest BCUT2D eigenvalue weighted by Crippen LogP contribution is -2.44. The van der Waals surface area contributed by atoms with Crippen LogP contribution in [0.1, 0.15) is 37.6 Å². The maximum Gasteiger partial charge on any atom is 0.322 e. The quantitative estimate of drug-likeness (QED) is 0.746. The molecule has 7 heteroatoms. The van der Waals surface area contributed by atoms with Crippen LogP contribution in [0.5, 0.6) is 0 Å². The van der Waals surface area contributed by atoms with E-state index < -0.39 is 22.0 Å². The maximum atomic E-state index is 12.2. The second-order valence-electron chi connectivity index (χ2n) is 4.90. The molecule has 2 N–H and O–H groups in total. The molecule has 0 bridgehead atoms. The molecule has 0 aromatic heterocycles. The van der Waals surface area contributed by atoms with E-state index in [9.17, 15) is 18.0 Å². The zero-order valence-electron chi connectivity index (χ0n) is 12.2. The van der Waals surface area contributed by atoms with Crippen LogP contribution in [-0.2, 0) is 14.8 Å². The van der Waals surface area contributed by atoms with Crippen LogP contribution in [0.15, 0.2) is 29.2 Å². The summed E-state index contributed by atoms with van der Waals surface area (Å²) < 4.78 is 26.6. The van der Waals surface area contributed by atoms with Gasteiger partial charge in [-0.05, 0) is 25.0 Å². The number of hydrogen-bond donors (Lipinski definition) is 2. The number of carboxylic acids is 1. The molecule has 1 rings (SSSR count). The summed E-state index contributed by atoms with van der Waals surface area (Å²) >= 11 is 0. The molecular weight excluding hydrogens is 294 g/mol. The van der Waals surface area contributed by atoms with Gasteiger partial charge < -0.3 is 5.11 Å². The van der Waals surface area contributed by atoms with Crippen LogP contribution in [0, 0.1) is 5.92 Å². The van der Waals surface area contributed by atoms with Gasteiger partial charge in [0.05, 0.1) is 4.90 Å². The second kappa shape index (κ2) is 6.82. The summed E-state index contributed by atoms with van der Waals surface area (Å²) in [5.41, 5.74) is 0.394. The zero-order chi connectivity index (χ0) is 16.2. The first-order valence-corrected chi connectivity index (χ1v) is 8.03. The summed E-state index contributed by atoms with van der Waals surface area (Å²) in [6, 6.07) is 4.18. The first-order valence-electron chi connectivity index (χ1n) is 6.55. The molecule has 0 radical (unpaired) electrons. The number of carbonyl (C=O) groups excluding carboxylic acids is 1. The van der Waals surface area contributed by atoms with Crippen molar-refractivity contribution in [2.24, 2.45) is 5.92 Å². The van der Waals surface area contributed by atoms with Crippen molar-refractivity contribution >= 4 is 21.8 Å². The Hall–Kier alpha value is -1.73. The highest BCUT2D eigenvalue weighted by Crippen LogP contribution is 2.15. The van der Waals surface area contributed by atoms with E-state index in [-0.39, 0.29) is 16.6 Å². The molecule has 0 aliphatic heterocycles. The lowest BCUT2D eigenvalue weighted by molar-refractivity contribution is -0.140. The number of sulfonamides is 1. The Morgan fingerprint density at radius 2 is 1.76 bits per heavy atom. The maximum absolute atomic E-state index is 12.2. The zero-order valence-corrected chi connectivity index (χ0v) is 13.0. The summed E-state index contributed by atoms with van der Waals surface area (Å²) in [4.78, 5) is 22.3. The number of nitrogens with one attached hydrogen (secondary N) is 1. The Bertz CT molecular complexity index is 621. The van der Waals surface area contributed by atoms with Crippen LogP contribution in [0.2, 0.25) is 0 Å². The van der Waals surface area contributed by atoms with Gasteiger partial charge in [-0.15, -0.1) is 0 Å². The van der Waals surface area contributed by atoms with Crippen LogP contribution in [-0.4, -0.2) is 31.3 Å². The van der Waals surface area contributed by atoms with Crippen LogP contribution >= 0.6 is 0 Å². The average Bonchev–Trinajstić information content (AvgIpc) is 2.43. The Morgan fingerprint density at radius 1 is 1.24 bits per heavy atom. The number of rotatable bonds is 7. The third-order valence-corrected chi connectivity index (χ3v) is 4.79.